The minimum atomic E-state index is -0.429. The number of anilines is 1. The number of benzene rings is 1. The second-order valence-corrected chi connectivity index (χ2v) is 4.33. The van der Waals surface area contributed by atoms with Gasteiger partial charge in [0.15, 0.2) is 0 Å². The predicted molar refractivity (Wildman–Crippen MR) is 73.9 cm³/mol. The summed E-state index contributed by atoms with van der Waals surface area (Å²) in [5, 5.41) is 0.472. The van der Waals surface area contributed by atoms with E-state index in [0.717, 1.165) is 19.6 Å². The zero-order valence-electron chi connectivity index (χ0n) is 10.8. The van der Waals surface area contributed by atoms with Crippen LogP contribution in [0.15, 0.2) is 18.2 Å². The Balaban J connectivity index is 2.53. The summed E-state index contributed by atoms with van der Waals surface area (Å²) in [4.78, 5) is 14.0. The lowest BCUT2D eigenvalue weighted by Crippen LogP contribution is -2.28. The molecule has 0 aliphatic rings. The molecular weight excluding hydrogens is 252 g/mol. The van der Waals surface area contributed by atoms with Crippen molar-refractivity contribution in [1.82, 2.24) is 4.90 Å². The average molecular weight is 271 g/mol. The summed E-state index contributed by atoms with van der Waals surface area (Å²) < 4.78 is 5.18. The van der Waals surface area contributed by atoms with Crippen LogP contribution in [0, 0.1) is 0 Å². The normalized spacial score (nSPS) is 10.7. The molecule has 0 aliphatic heterocycles. The van der Waals surface area contributed by atoms with Crippen LogP contribution in [0.4, 0.5) is 5.69 Å². The van der Waals surface area contributed by atoms with Crippen LogP contribution in [-0.2, 0) is 4.74 Å². The highest BCUT2D eigenvalue weighted by Crippen LogP contribution is 2.18. The number of esters is 1. The second kappa shape index (κ2) is 7.24. The maximum atomic E-state index is 11.8. The van der Waals surface area contributed by atoms with Gasteiger partial charge in [0.05, 0.1) is 5.56 Å². The Kier molecular flexibility index (Phi) is 5.95. The number of hydrogen-bond acceptors (Lipinski definition) is 4. The topological polar surface area (TPSA) is 55.6 Å². The first-order valence-electron chi connectivity index (χ1n) is 6.03. The van der Waals surface area contributed by atoms with E-state index in [1.54, 1.807) is 12.1 Å². The van der Waals surface area contributed by atoms with E-state index in [-0.39, 0.29) is 0 Å². The third-order valence-corrected chi connectivity index (χ3v) is 3.01. The number of halogens is 1. The van der Waals surface area contributed by atoms with Crippen LogP contribution in [0.2, 0.25) is 5.02 Å². The van der Waals surface area contributed by atoms with Crippen molar-refractivity contribution in [3.8, 4) is 0 Å². The molecule has 0 bridgehead atoms. The summed E-state index contributed by atoms with van der Waals surface area (Å²) in [5.74, 6) is -0.429. The standard InChI is InChI=1S/C13H19ClN2O2/c1-3-16(4-2)7-8-18-13(17)11-9-10(14)5-6-12(11)15/h5-6,9H,3-4,7-8,15H2,1-2H3. The highest BCUT2D eigenvalue weighted by molar-refractivity contribution is 6.31. The Morgan fingerprint density at radius 3 is 2.67 bits per heavy atom. The van der Waals surface area contributed by atoms with Gasteiger partial charge in [-0.3, -0.25) is 0 Å². The molecule has 0 saturated carbocycles. The fourth-order valence-electron chi connectivity index (χ4n) is 1.59. The predicted octanol–water partition coefficient (Wildman–Crippen LogP) is 2.42. The zero-order chi connectivity index (χ0) is 13.5. The molecule has 2 N–H and O–H groups in total. The van der Waals surface area contributed by atoms with E-state index in [9.17, 15) is 4.79 Å². The molecular formula is C13H19ClN2O2. The van der Waals surface area contributed by atoms with Gasteiger partial charge in [-0.15, -0.1) is 0 Å². The summed E-state index contributed by atoms with van der Waals surface area (Å²) in [6, 6.07) is 4.77. The lowest BCUT2D eigenvalue weighted by atomic mass is 10.2. The van der Waals surface area contributed by atoms with Crippen molar-refractivity contribution in [3.63, 3.8) is 0 Å². The molecule has 0 atom stereocenters. The number of carbonyl (C=O) groups excluding carboxylic acids is 1. The van der Waals surface area contributed by atoms with Crippen molar-refractivity contribution in [1.29, 1.82) is 0 Å². The third kappa shape index (κ3) is 4.20. The highest BCUT2D eigenvalue weighted by Gasteiger charge is 2.12. The molecule has 0 spiro atoms. The number of ether oxygens (including phenoxy) is 1. The maximum Gasteiger partial charge on any atom is 0.340 e. The van der Waals surface area contributed by atoms with Gasteiger partial charge in [-0.1, -0.05) is 25.4 Å². The van der Waals surface area contributed by atoms with Crippen LogP contribution in [0.3, 0.4) is 0 Å². The maximum absolute atomic E-state index is 11.8. The molecule has 0 unspecified atom stereocenters. The van der Waals surface area contributed by atoms with E-state index in [4.69, 9.17) is 22.1 Å². The summed E-state index contributed by atoms with van der Waals surface area (Å²) in [7, 11) is 0. The summed E-state index contributed by atoms with van der Waals surface area (Å²) in [6.07, 6.45) is 0. The second-order valence-electron chi connectivity index (χ2n) is 3.89. The van der Waals surface area contributed by atoms with Gasteiger partial charge in [0.25, 0.3) is 0 Å². The minimum Gasteiger partial charge on any atom is -0.461 e. The quantitative estimate of drug-likeness (QED) is 0.637. The van der Waals surface area contributed by atoms with E-state index >= 15 is 0 Å². The number of carbonyl (C=O) groups is 1. The van der Waals surface area contributed by atoms with Crippen molar-refractivity contribution in [2.45, 2.75) is 13.8 Å². The lowest BCUT2D eigenvalue weighted by Gasteiger charge is -2.17. The lowest BCUT2D eigenvalue weighted by molar-refractivity contribution is 0.0467. The van der Waals surface area contributed by atoms with Crippen LogP contribution in [0.1, 0.15) is 24.2 Å². The molecule has 0 fully saturated rings. The molecule has 1 aromatic rings. The molecule has 0 aromatic heterocycles. The molecule has 1 aromatic carbocycles. The van der Waals surface area contributed by atoms with Gasteiger partial charge in [-0.2, -0.15) is 0 Å². The molecule has 5 heteroatoms. The number of nitrogen functional groups attached to an aromatic ring is 1. The molecule has 0 saturated heterocycles. The van der Waals surface area contributed by atoms with Crippen molar-refractivity contribution >= 4 is 23.3 Å². The molecule has 100 valence electrons. The van der Waals surface area contributed by atoms with Crippen LogP contribution in [-0.4, -0.2) is 37.1 Å². The molecule has 18 heavy (non-hydrogen) atoms. The van der Waals surface area contributed by atoms with Gasteiger partial charge in [0.2, 0.25) is 0 Å². The summed E-state index contributed by atoms with van der Waals surface area (Å²) in [6.45, 7) is 7.09. The number of likely N-dealkylation sites (N-methyl/N-ethyl adjacent to an activating group) is 1. The Labute approximate surface area is 113 Å². The fourth-order valence-corrected chi connectivity index (χ4v) is 1.76. The van der Waals surface area contributed by atoms with Crippen LogP contribution in [0.5, 0.6) is 0 Å². The number of rotatable bonds is 6. The van der Waals surface area contributed by atoms with E-state index in [2.05, 4.69) is 18.7 Å². The SMILES string of the molecule is CCN(CC)CCOC(=O)c1cc(Cl)ccc1N. The Hall–Kier alpha value is -1.26. The van der Waals surface area contributed by atoms with E-state index in [0.29, 0.717) is 22.9 Å². The van der Waals surface area contributed by atoms with Crippen LogP contribution >= 0.6 is 11.6 Å². The first-order valence-corrected chi connectivity index (χ1v) is 6.40. The molecule has 1 rings (SSSR count). The van der Waals surface area contributed by atoms with Crippen molar-refractivity contribution < 1.29 is 9.53 Å². The smallest absolute Gasteiger partial charge is 0.340 e. The Morgan fingerprint density at radius 1 is 1.39 bits per heavy atom. The monoisotopic (exact) mass is 270 g/mol. The van der Waals surface area contributed by atoms with Gasteiger partial charge in [0, 0.05) is 17.3 Å². The first-order chi connectivity index (χ1) is 8.58. The van der Waals surface area contributed by atoms with E-state index in [1.165, 1.54) is 6.07 Å². The van der Waals surface area contributed by atoms with Crippen LogP contribution < -0.4 is 5.73 Å². The summed E-state index contributed by atoms with van der Waals surface area (Å²) in [5.41, 5.74) is 6.41. The average Bonchev–Trinajstić information content (AvgIpc) is 2.37. The molecule has 0 aliphatic carbocycles. The van der Waals surface area contributed by atoms with Gasteiger partial charge < -0.3 is 15.4 Å². The molecule has 0 radical (unpaired) electrons. The third-order valence-electron chi connectivity index (χ3n) is 2.77. The number of nitrogens with two attached hydrogens (primary N) is 1. The molecule has 4 nitrogen and oxygen atoms in total. The number of nitrogens with zero attached hydrogens (tertiary/aromatic N) is 1. The van der Waals surface area contributed by atoms with Gasteiger partial charge in [-0.25, -0.2) is 4.79 Å². The first kappa shape index (κ1) is 14.8. The summed E-state index contributed by atoms with van der Waals surface area (Å²) >= 11 is 5.82. The largest absolute Gasteiger partial charge is 0.461 e. The van der Waals surface area contributed by atoms with Crippen LogP contribution in [0.25, 0.3) is 0 Å². The Bertz CT molecular complexity index is 406. The zero-order valence-corrected chi connectivity index (χ0v) is 11.5. The van der Waals surface area contributed by atoms with Crippen molar-refractivity contribution in [3.05, 3.63) is 28.8 Å². The van der Waals surface area contributed by atoms with Gasteiger partial charge >= 0.3 is 5.97 Å². The van der Waals surface area contributed by atoms with Gasteiger partial charge in [0.1, 0.15) is 6.61 Å². The molecule has 0 amide bonds. The Morgan fingerprint density at radius 2 is 2.06 bits per heavy atom. The fraction of sp³-hybridized carbons (Fsp3) is 0.462. The van der Waals surface area contributed by atoms with Crippen molar-refractivity contribution in [2.24, 2.45) is 0 Å². The number of hydrogen-bond donors (Lipinski definition) is 1. The molecule has 0 heterocycles. The van der Waals surface area contributed by atoms with E-state index in [1.807, 2.05) is 0 Å². The highest BCUT2D eigenvalue weighted by atomic mass is 35.5. The van der Waals surface area contributed by atoms with Gasteiger partial charge in [-0.05, 0) is 31.3 Å². The minimum absolute atomic E-state index is 0.321. The van der Waals surface area contributed by atoms with Crippen molar-refractivity contribution in [2.75, 3.05) is 32.0 Å². The van der Waals surface area contributed by atoms with E-state index < -0.39 is 5.97 Å².